The number of hydrogen-bond donors (Lipinski definition) is 1. The summed E-state index contributed by atoms with van der Waals surface area (Å²) in [5.74, 6) is -0.305. The maximum Gasteiger partial charge on any atom is 0.275 e. The van der Waals surface area contributed by atoms with Gasteiger partial charge in [0.05, 0.1) is 4.92 Å². The van der Waals surface area contributed by atoms with E-state index < -0.39 is 4.92 Å². The maximum atomic E-state index is 13.4. The second-order valence-corrected chi connectivity index (χ2v) is 5.26. The molecule has 0 atom stereocenters. The molecule has 0 fully saturated rings. The minimum atomic E-state index is -0.433. The molecule has 0 unspecified atom stereocenters. The zero-order valence-electron chi connectivity index (χ0n) is 10.7. The molecule has 0 bridgehead atoms. The van der Waals surface area contributed by atoms with Crippen LogP contribution in [-0.2, 0) is 6.54 Å². The second-order valence-electron chi connectivity index (χ2n) is 4.35. The average Bonchev–Trinajstić information content (AvgIpc) is 2.41. The molecule has 0 aliphatic carbocycles. The number of benzene rings is 2. The van der Waals surface area contributed by atoms with Crippen molar-refractivity contribution in [2.24, 2.45) is 0 Å². The van der Waals surface area contributed by atoms with Gasteiger partial charge in [-0.3, -0.25) is 10.1 Å². The summed E-state index contributed by atoms with van der Waals surface area (Å²) >= 11 is 3.20. The third kappa shape index (κ3) is 3.33. The lowest BCUT2D eigenvalue weighted by Gasteiger charge is -2.08. The van der Waals surface area contributed by atoms with Crippen LogP contribution in [0.5, 0.6) is 0 Å². The Morgan fingerprint density at radius 2 is 2.05 bits per heavy atom. The van der Waals surface area contributed by atoms with Crippen LogP contribution >= 0.6 is 15.9 Å². The fourth-order valence-electron chi connectivity index (χ4n) is 1.76. The van der Waals surface area contributed by atoms with Gasteiger partial charge in [-0.05, 0) is 36.8 Å². The Balaban J connectivity index is 2.18. The predicted molar refractivity (Wildman–Crippen MR) is 79.3 cm³/mol. The molecule has 2 aromatic rings. The molecule has 1 N–H and O–H groups in total. The van der Waals surface area contributed by atoms with Crippen LogP contribution in [0.1, 0.15) is 11.1 Å². The lowest BCUT2D eigenvalue weighted by molar-refractivity contribution is -0.385. The molecule has 0 saturated carbocycles. The minimum Gasteiger partial charge on any atom is -0.381 e. The number of anilines is 1. The molecule has 4 nitrogen and oxygen atoms in total. The monoisotopic (exact) mass is 338 g/mol. The quantitative estimate of drug-likeness (QED) is 0.663. The fraction of sp³-hybridized carbons (Fsp3) is 0.143. The van der Waals surface area contributed by atoms with Crippen molar-refractivity contribution >= 4 is 27.3 Å². The predicted octanol–water partition coefficient (Wildman–Crippen LogP) is 4.42. The summed E-state index contributed by atoms with van der Waals surface area (Å²) in [4.78, 5) is 10.5. The van der Waals surface area contributed by atoms with Gasteiger partial charge < -0.3 is 5.32 Å². The number of nitro benzene ring substituents is 1. The number of nitrogens with zero attached hydrogens (tertiary/aromatic N) is 1. The molecule has 0 saturated heterocycles. The second kappa shape index (κ2) is 6.00. The van der Waals surface area contributed by atoms with Crippen LogP contribution < -0.4 is 5.32 Å². The van der Waals surface area contributed by atoms with Gasteiger partial charge >= 0.3 is 0 Å². The van der Waals surface area contributed by atoms with Gasteiger partial charge in [0.2, 0.25) is 0 Å². The van der Waals surface area contributed by atoms with E-state index in [1.54, 1.807) is 31.2 Å². The molecule has 104 valence electrons. The molecule has 0 spiro atoms. The van der Waals surface area contributed by atoms with Crippen molar-refractivity contribution in [3.63, 3.8) is 0 Å². The van der Waals surface area contributed by atoms with Gasteiger partial charge in [-0.1, -0.05) is 22.0 Å². The number of hydrogen-bond acceptors (Lipinski definition) is 3. The van der Waals surface area contributed by atoms with Crippen LogP contribution in [0.3, 0.4) is 0 Å². The first-order valence-corrected chi connectivity index (χ1v) is 6.69. The van der Waals surface area contributed by atoms with Gasteiger partial charge in [0.15, 0.2) is 0 Å². The molecular formula is C14H12BrFN2O2. The highest BCUT2D eigenvalue weighted by Gasteiger charge is 2.13. The number of halogens is 2. The lowest BCUT2D eigenvalue weighted by Crippen LogP contribution is -2.03. The van der Waals surface area contributed by atoms with E-state index in [-0.39, 0.29) is 18.0 Å². The molecule has 0 aromatic heterocycles. The molecule has 6 heteroatoms. The van der Waals surface area contributed by atoms with E-state index >= 15 is 0 Å². The van der Waals surface area contributed by atoms with Crippen LogP contribution in [0, 0.1) is 22.9 Å². The van der Waals surface area contributed by atoms with Crippen molar-refractivity contribution < 1.29 is 9.31 Å². The molecule has 0 aliphatic rings. The Morgan fingerprint density at radius 3 is 2.70 bits per heavy atom. The molecule has 0 heterocycles. The summed E-state index contributed by atoms with van der Waals surface area (Å²) in [5.41, 5.74) is 1.72. The summed E-state index contributed by atoms with van der Waals surface area (Å²) in [6, 6.07) is 9.63. The largest absolute Gasteiger partial charge is 0.381 e. The van der Waals surface area contributed by atoms with E-state index in [0.717, 1.165) is 0 Å². The standard InChI is InChI=1S/C14H12BrFN2O2/c1-9-2-5-12(7-13(9)16)17-8-10-3-4-11(15)6-14(10)18(19)20/h2-7,17H,8H2,1H3. The minimum absolute atomic E-state index is 0.0273. The Bertz CT molecular complexity index is 662. The zero-order chi connectivity index (χ0) is 14.7. The van der Waals surface area contributed by atoms with Crippen LogP contribution in [0.15, 0.2) is 40.9 Å². The van der Waals surface area contributed by atoms with Crippen molar-refractivity contribution in [1.29, 1.82) is 0 Å². The van der Waals surface area contributed by atoms with Crippen molar-refractivity contribution in [3.05, 3.63) is 67.9 Å². The molecule has 2 rings (SSSR count). The zero-order valence-corrected chi connectivity index (χ0v) is 12.3. The fourth-order valence-corrected chi connectivity index (χ4v) is 2.11. The van der Waals surface area contributed by atoms with E-state index in [9.17, 15) is 14.5 Å². The molecule has 2 aromatic carbocycles. The van der Waals surface area contributed by atoms with Crippen molar-refractivity contribution in [1.82, 2.24) is 0 Å². The summed E-state index contributed by atoms with van der Waals surface area (Å²) in [7, 11) is 0. The smallest absolute Gasteiger partial charge is 0.275 e. The van der Waals surface area contributed by atoms with Crippen LogP contribution in [0.2, 0.25) is 0 Å². The van der Waals surface area contributed by atoms with Gasteiger partial charge in [0.25, 0.3) is 5.69 Å². The van der Waals surface area contributed by atoms with Gasteiger partial charge in [0, 0.05) is 28.3 Å². The molecule has 0 amide bonds. The van der Waals surface area contributed by atoms with Crippen LogP contribution in [0.4, 0.5) is 15.8 Å². The lowest BCUT2D eigenvalue weighted by atomic mass is 10.1. The van der Waals surface area contributed by atoms with Gasteiger partial charge in [-0.15, -0.1) is 0 Å². The van der Waals surface area contributed by atoms with Crippen molar-refractivity contribution in [2.75, 3.05) is 5.32 Å². The highest BCUT2D eigenvalue weighted by molar-refractivity contribution is 9.10. The Hall–Kier alpha value is -1.95. The van der Waals surface area contributed by atoms with Crippen LogP contribution in [-0.4, -0.2) is 4.92 Å². The summed E-state index contributed by atoms with van der Waals surface area (Å²) in [5, 5.41) is 14.0. The van der Waals surface area contributed by atoms with E-state index in [4.69, 9.17) is 0 Å². The molecule has 0 radical (unpaired) electrons. The van der Waals surface area contributed by atoms with E-state index in [2.05, 4.69) is 21.2 Å². The van der Waals surface area contributed by atoms with Crippen molar-refractivity contribution in [3.8, 4) is 0 Å². The Morgan fingerprint density at radius 1 is 1.30 bits per heavy atom. The molecular weight excluding hydrogens is 327 g/mol. The van der Waals surface area contributed by atoms with Crippen molar-refractivity contribution in [2.45, 2.75) is 13.5 Å². The highest BCUT2D eigenvalue weighted by atomic mass is 79.9. The molecule has 20 heavy (non-hydrogen) atoms. The van der Waals surface area contributed by atoms with E-state index in [1.807, 2.05) is 0 Å². The van der Waals surface area contributed by atoms with E-state index in [0.29, 0.717) is 21.3 Å². The number of aryl methyl sites for hydroxylation is 1. The number of nitrogens with one attached hydrogen (secondary N) is 1. The first-order chi connectivity index (χ1) is 9.47. The highest BCUT2D eigenvalue weighted by Crippen LogP contribution is 2.24. The third-order valence-electron chi connectivity index (χ3n) is 2.90. The van der Waals surface area contributed by atoms with Crippen LogP contribution in [0.25, 0.3) is 0 Å². The topological polar surface area (TPSA) is 55.2 Å². The Labute approximate surface area is 123 Å². The van der Waals surface area contributed by atoms with E-state index in [1.165, 1.54) is 12.1 Å². The first-order valence-electron chi connectivity index (χ1n) is 5.90. The van der Waals surface area contributed by atoms with Gasteiger partial charge in [-0.25, -0.2) is 4.39 Å². The summed E-state index contributed by atoms with van der Waals surface area (Å²) < 4.78 is 14.1. The average molecular weight is 339 g/mol. The van der Waals surface area contributed by atoms with Gasteiger partial charge in [0.1, 0.15) is 5.82 Å². The maximum absolute atomic E-state index is 13.4. The van der Waals surface area contributed by atoms with Gasteiger partial charge in [-0.2, -0.15) is 0 Å². The Kier molecular flexibility index (Phi) is 4.34. The normalized spacial score (nSPS) is 10.3. The number of nitro groups is 1. The summed E-state index contributed by atoms with van der Waals surface area (Å²) in [6.07, 6.45) is 0. The molecule has 0 aliphatic heterocycles. The third-order valence-corrected chi connectivity index (χ3v) is 3.39. The number of rotatable bonds is 4. The SMILES string of the molecule is Cc1ccc(NCc2ccc(Br)cc2[N+](=O)[O-])cc1F. The summed E-state index contributed by atoms with van der Waals surface area (Å²) in [6.45, 7) is 1.94. The first kappa shape index (κ1) is 14.5.